The van der Waals surface area contributed by atoms with Gasteiger partial charge in [0.1, 0.15) is 5.65 Å². The van der Waals surface area contributed by atoms with Crippen molar-refractivity contribution in [3.05, 3.63) is 84.3 Å². The number of pyridine rings is 2. The molecule has 1 saturated carbocycles. The van der Waals surface area contributed by atoms with Crippen molar-refractivity contribution in [1.29, 1.82) is 0 Å². The van der Waals surface area contributed by atoms with E-state index in [1.807, 2.05) is 48.8 Å². The normalized spacial score (nSPS) is 14.1. The minimum Gasteiger partial charge on any atom is -0.382 e. The smallest absolute Gasteiger partial charge is 0.250 e. The monoisotopic (exact) mass is 461 g/mol. The van der Waals surface area contributed by atoms with Crippen LogP contribution in [0.1, 0.15) is 41.6 Å². The topological polar surface area (TPSA) is 85.8 Å². The van der Waals surface area contributed by atoms with Gasteiger partial charge in [-0.05, 0) is 67.3 Å². The molecule has 0 atom stereocenters. The molecule has 0 spiro atoms. The number of hydrogen-bond acceptors (Lipinski definition) is 4. The lowest BCUT2D eigenvalue weighted by atomic mass is 10.0. The fraction of sp³-hybridized carbons (Fsp3) is 0.207. The predicted molar refractivity (Wildman–Crippen MR) is 141 cm³/mol. The number of nitrogens with zero attached hydrogens (tertiary/aromatic N) is 3. The van der Waals surface area contributed by atoms with Gasteiger partial charge in [-0.3, -0.25) is 9.78 Å². The number of carbonyl (C=O) groups is 1. The Hall–Kier alpha value is -4.19. The molecule has 6 heteroatoms. The Kier molecular flexibility index (Phi) is 5.21. The summed E-state index contributed by atoms with van der Waals surface area (Å²) in [4.78, 5) is 21.5. The van der Waals surface area contributed by atoms with Crippen molar-refractivity contribution < 1.29 is 4.79 Å². The van der Waals surface area contributed by atoms with Crippen molar-refractivity contribution in [2.45, 2.75) is 38.6 Å². The summed E-state index contributed by atoms with van der Waals surface area (Å²) in [5, 5.41) is 5.77. The first kappa shape index (κ1) is 21.4. The van der Waals surface area contributed by atoms with Crippen LogP contribution < -0.4 is 11.1 Å². The number of anilines is 1. The van der Waals surface area contributed by atoms with Crippen molar-refractivity contribution in [2.24, 2.45) is 5.73 Å². The molecule has 0 radical (unpaired) electrons. The fourth-order valence-electron chi connectivity index (χ4n) is 5.30. The SMILES string of the molecule is Cc1cn(-c2ccc(C(N)=O)c(NC3CCCC3)c2)c2nccc(-c3cnc4ccccc4c3)c12. The van der Waals surface area contributed by atoms with E-state index in [1.165, 1.54) is 12.8 Å². The molecule has 35 heavy (non-hydrogen) atoms. The maximum absolute atomic E-state index is 12.1. The largest absolute Gasteiger partial charge is 0.382 e. The number of nitrogens with one attached hydrogen (secondary N) is 1. The van der Waals surface area contributed by atoms with Crippen LogP contribution in [-0.4, -0.2) is 26.5 Å². The number of aryl methyl sites for hydroxylation is 1. The fourth-order valence-corrected chi connectivity index (χ4v) is 5.30. The van der Waals surface area contributed by atoms with Gasteiger partial charge in [0.2, 0.25) is 0 Å². The minimum absolute atomic E-state index is 0.372. The van der Waals surface area contributed by atoms with Crippen LogP contribution in [0.15, 0.2) is 73.2 Å². The minimum atomic E-state index is -0.421. The van der Waals surface area contributed by atoms with E-state index in [2.05, 4.69) is 46.2 Å². The van der Waals surface area contributed by atoms with Crippen molar-refractivity contribution in [2.75, 3.05) is 5.32 Å². The average Bonchev–Trinajstić information content (AvgIpc) is 3.51. The molecule has 1 aliphatic carbocycles. The van der Waals surface area contributed by atoms with Crippen LogP contribution in [0.4, 0.5) is 5.69 Å². The summed E-state index contributed by atoms with van der Waals surface area (Å²) in [6.45, 7) is 2.11. The van der Waals surface area contributed by atoms with Crippen LogP contribution in [0.25, 0.3) is 38.8 Å². The van der Waals surface area contributed by atoms with E-state index >= 15 is 0 Å². The second-order valence-corrected chi connectivity index (χ2v) is 9.38. The first-order valence-electron chi connectivity index (χ1n) is 12.1. The Morgan fingerprint density at radius 1 is 1.06 bits per heavy atom. The highest BCUT2D eigenvalue weighted by molar-refractivity contribution is 6.00. The van der Waals surface area contributed by atoms with Crippen molar-refractivity contribution in [3.63, 3.8) is 0 Å². The zero-order valence-electron chi connectivity index (χ0n) is 19.7. The molecular weight excluding hydrogens is 434 g/mol. The lowest BCUT2D eigenvalue weighted by Gasteiger charge is -2.17. The number of carbonyl (C=O) groups excluding carboxylic acids is 1. The van der Waals surface area contributed by atoms with Gasteiger partial charge in [0.05, 0.1) is 11.1 Å². The highest BCUT2D eigenvalue weighted by atomic mass is 16.1. The molecule has 0 bridgehead atoms. The number of hydrogen-bond donors (Lipinski definition) is 2. The standard InChI is InChI=1S/C29H27N5O/c1-18-17-34(22-10-11-24(28(30)35)26(15-22)33-21-7-3-4-8-21)29-27(18)23(12-13-31-29)20-14-19-6-2-5-9-25(19)32-16-20/h2,5-6,9-17,21,33H,3-4,7-8H2,1H3,(H2,30,35). The molecule has 0 saturated heterocycles. The van der Waals surface area contributed by atoms with Gasteiger partial charge in [-0.15, -0.1) is 0 Å². The molecule has 3 heterocycles. The van der Waals surface area contributed by atoms with Crippen LogP contribution in [0, 0.1) is 6.92 Å². The Bertz CT molecular complexity index is 1580. The molecule has 0 aliphatic heterocycles. The molecule has 1 fully saturated rings. The summed E-state index contributed by atoms with van der Waals surface area (Å²) < 4.78 is 2.09. The third-order valence-electron chi connectivity index (χ3n) is 7.04. The van der Waals surface area contributed by atoms with E-state index in [0.29, 0.717) is 11.6 Å². The van der Waals surface area contributed by atoms with Gasteiger partial charge >= 0.3 is 0 Å². The van der Waals surface area contributed by atoms with E-state index in [0.717, 1.165) is 62.8 Å². The Morgan fingerprint density at radius 3 is 2.71 bits per heavy atom. The summed E-state index contributed by atoms with van der Waals surface area (Å²) in [6, 6.07) is 18.5. The van der Waals surface area contributed by atoms with Crippen LogP contribution in [0.3, 0.4) is 0 Å². The van der Waals surface area contributed by atoms with E-state index in [1.54, 1.807) is 0 Å². The number of nitrogens with two attached hydrogens (primary N) is 1. The van der Waals surface area contributed by atoms with E-state index in [4.69, 9.17) is 10.7 Å². The number of para-hydroxylation sites is 1. The van der Waals surface area contributed by atoms with Gasteiger partial charge in [-0.2, -0.15) is 0 Å². The van der Waals surface area contributed by atoms with E-state index in [9.17, 15) is 4.79 Å². The lowest BCUT2D eigenvalue weighted by Crippen LogP contribution is -2.20. The first-order chi connectivity index (χ1) is 17.1. The molecule has 6 rings (SSSR count). The third-order valence-corrected chi connectivity index (χ3v) is 7.04. The molecule has 1 aliphatic rings. The van der Waals surface area contributed by atoms with Gasteiger partial charge in [0.25, 0.3) is 5.91 Å². The van der Waals surface area contributed by atoms with Crippen molar-refractivity contribution in [1.82, 2.24) is 14.5 Å². The summed E-state index contributed by atoms with van der Waals surface area (Å²) in [6.07, 6.45) is 10.5. The third kappa shape index (κ3) is 3.81. The Labute approximate surface area is 203 Å². The molecule has 2 aromatic carbocycles. The number of rotatable bonds is 5. The summed E-state index contributed by atoms with van der Waals surface area (Å²) in [5.74, 6) is -0.421. The summed E-state index contributed by atoms with van der Waals surface area (Å²) in [5.41, 5.74) is 13.1. The average molecular weight is 462 g/mol. The highest BCUT2D eigenvalue weighted by Gasteiger charge is 2.19. The van der Waals surface area contributed by atoms with Crippen LogP contribution in [-0.2, 0) is 0 Å². The van der Waals surface area contributed by atoms with Crippen LogP contribution in [0.2, 0.25) is 0 Å². The van der Waals surface area contributed by atoms with Crippen molar-refractivity contribution in [3.8, 4) is 16.8 Å². The van der Waals surface area contributed by atoms with Gasteiger partial charge in [0.15, 0.2) is 0 Å². The molecular formula is C29H27N5O. The van der Waals surface area contributed by atoms with Crippen LogP contribution in [0.5, 0.6) is 0 Å². The maximum atomic E-state index is 12.1. The Balaban J connectivity index is 1.47. The molecule has 5 aromatic rings. The highest BCUT2D eigenvalue weighted by Crippen LogP contribution is 2.34. The van der Waals surface area contributed by atoms with Gasteiger partial charge in [-0.25, -0.2) is 4.98 Å². The first-order valence-corrected chi connectivity index (χ1v) is 12.1. The molecule has 0 unspecified atom stereocenters. The number of fused-ring (bicyclic) bond motifs is 2. The zero-order chi connectivity index (χ0) is 23.9. The molecule has 3 aromatic heterocycles. The summed E-state index contributed by atoms with van der Waals surface area (Å²) in [7, 11) is 0. The quantitative estimate of drug-likeness (QED) is 0.336. The maximum Gasteiger partial charge on any atom is 0.250 e. The predicted octanol–water partition coefficient (Wildman–Crippen LogP) is 6.00. The Morgan fingerprint density at radius 2 is 1.89 bits per heavy atom. The number of benzene rings is 2. The van der Waals surface area contributed by atoms with Crippen molar-refractivity contribution >= 4 is 33.5 Å². The number of aromatic nitrogens is 3. The second kappa shape index (κ2) is 8.55. The number of amides is 1. The van der Waals surface area contributed by atoms with Gasteiger partial charge in [0, 0.05) is 52.3 Å². The number of primary amides is 1. The summed E-state index contributed by atoms with van der Waals surface area (Å²) >= 11 is 0. The van der Waals surface area contributed by atoms with Crippen LogP contribution >= 0.6 is 0 Å². The van der Waals surface area contributed by atoms with E-state index in [-0.39, 0.29) is 0 Å². The molecule has 3 N–H and O–H groups in total. The molecule has 6 nitrogen and oxygen atoms in total. The van der Waals surface area contributed by atoms with E-state index < -0.39 is 5.91 Å². The van der Waals surface area contributed by atoms with Gasteiger partial charge in [-0.1, -0.05) is 31.0 Å². The molecule has 1 amide bonds. The second-order valence-electron chi connectivity index (χ2n) is 9.38. The van der Waals surface area contributed by atoms with Gasteiger partial charge < -0.3 is 15.6 Å². The molecule has 174 valence electrons. The zero-order valence-corrected chi connectivity index (χ0v) is 19.7. The lowest BCUT2D eigenvalue weighted by molar-refractivity contribution is 0.100.